The van der Waals surface area contributed by atoms with Gasteiger partial charge in [0.25, 0.3) is 0 Å². The molecule has 0 saturated heterocycles. The van der Waals surface area contributed by atoms with Crippen LogP contribution < -0.4 is 10.6 Å². The third kappa shape index (κ3) is 3.10. The monoisotopic (exact) mass is 264 g/mol. The van der Waals surface area contributed by atoms with Crippen LogP contribution in [0.4, 0.5) is 0 Å². The summed E-state index contributed by atoms with van der Waals surface area (Å²) < 4.78 is 0. The molecule has 1 heterocycles. The number of aliphatic hydroxyl groups excluding tert-OH is 1. The molecule has 0 bridgehead atoms. The smallest absolute Gasteiger partial charge is 0.328 e. The summed E-state index contributed by atoms with van der Waals surface area (Å²) in [6.07, 6.45) is 0.514. The van der Waals surface area contributed by atoms with Crippen LogP contribution in [0.15, 0.2) is 24.3 Å². The van der Waals surface area contributed by atoms with Gasteiger partial charge in [0.2, 0.25) is 5.91 Å². The first-order valence-corrected chi connectivity index (χ1v) is 6.06. The average Bonchev–Trinajstić information content (AvgIpc) is 2.43. The van der Waals surface area contributed by atoms with Crippen LogP contribution in [-0.2, 0) is 22.6 Å². The summed E-state index contributed by atoms with van der Waals surface area (Å²) in [5.74, 6) is -1.65. The van der Waals surface area contributed by atoms with Crippen molar-refractivity contribution in [2.24, 2.45) is 0 Å². The number of aliphatic carboxylic acids is 1. The predicted octanol–water partition coefficient (Wildman–Crippen LogP) is -0.737. The number of amides is 1. The second-order valence-electron chi connectivity index (χ2n) is 4.49. The minimum Gasteiger partial charge on any atom is -0.480 e. The van der Waals surface area contributed by atoms with Crippen molar-refractivity contribution in [3.8, 4) is 0 Å². The zero-order valence-corrected chi connectivity index (χ0v) is 10.3. The molecule has 1 aliphatic rings. The lowest BCUT2D eigenvalue weighted by Gasteiger charge is -2.26. The van der Waals surface area contributed by atoms with Gasteiger partial charge in [-0.25, -0.2) is 4.79 Å². The fraction of sp³-hybridized carbons (Fsp3) is 0.385. The van der Waals surface area contributed by atoms with E-state index in [0.717, 1.165) is 11.1 Å². The Kier molecular flexibility index (Phi) is 4.13. The van der Waals surface area contributed by atoms with E-state index < -0.39 is 30.6 Å². The minimum absolute atomic E-state index is 0.407. The molecule has 19 heavy (non-hydrogen) atoms. The molecule has 6 nitrogen and oxygen atoms in total. The zero-order chi connectivity index (χ0) is 13.8. The Bertz CT molecular complexity index is 489. The van der Waals surface area contributed by atoms with Crippen LogP contribution >= 0.6 is 0 Å². The number of nitrogens with one attached hydrogen (secondary N) is 2. The van der Waals surface area contributed by atoms with Gasteiger partial charge in [0.1, 0.15) is 6.04 Å². The lowest BCUT2D eigenvalue weighted by Crippen LogP contribution is -2.53. The Hall–Kier alpha value is -1.92. The summed E-state index contributed by atoms with van der Waals surface area (Å²) in [6, 6.07) is 6.07. The molecule has 0 spiro atoms. The molecular weight excluding hydrogens is 248 g/mol. The van der Waals surface area contributed by atoms with Gasteiger partial charge in [-0.05, 0) is 17.5 Å². The Balaban J connectivity index is 2.01. The Labute approximate surface area is 110 Å². The van der Waals surface area contributed by atoms with E-state index in [-0.39, 0.29) is 0 Å². The van der Waals surface area contributed by atoms with E-state index in [9.17, 15) is 9.59 Å². The Morgan fingerprint density at radius 2 is 2.05 bits per heavy atom. The van der Waals surface area contributed by atoms with Gasteiger partial charge in [-0.15, -0.1) is 0 Å². The Morgan fingerprint density at radius 3 is 2.68 bits per heavy atom. The van der Waals surface area contributed by atoms with Crippen molar-refractivity contribution in [3.05, 3.63) is 35.4 Å². The number of carbonyl (C=O) groups excluding carboxylic acids is 1. The summed E-state index contributed by atoms with van der Waals surface area (Å²) in [4.78, 5) is 22.7. The van der Waals surface area contributed by atoms with Crippen LogP contribution in [0.25, 0.3) is 0 Å². The summed E-state index contributed by atoms with van der Waals surface area (Å²) >= 11 is 0. The normalized spacial score (nSPS) is 19.3. The van der Waals surface area contributed by atoms with E-state index in [2.05, 4.69) is 10.6 Å². The van der Waals surface area contributed by atoms with E-state index in [1.807, 2.05) is 24.3 Å². The second kappa shape index (κ2) is 5.81. The SMILES string of the molecule is O=C(O)C(CO)NC(=O)[C@@H]1Cc2ccccc2CN1. The molecule has 6 heteroatoms. The first kappa shape index (κ1) is 13.5. The highest BCUT2D eigenvalue weighted by atomic mass is 16.4. The lowest BCUT2D eigenvalue weighted by atomic mass is 9.95. The fourth-order valence-corrected chi connectivity index (χ4v) is 2.10. The topological polar surface area (TPSA) is 98.7 Å². The van der Waals surface area contributed by atoms with Gasteiger partial charge in [-0.3, -0.25) is 4.79 Å². The van der Waals surface area contributed by atoms with E-state index in [0.29, 0.717) is 13.0 Å². The van der Waals surface area contributed by atoms with Crippen molar-refractivity contribution < 1.29 is 19.8 Å². The van der Waals surface area contributed by atoms with Crippen LogP contribution in [0.5, 0.6) is 0 Å². The maximum Gasteiger partial charge on any atom is 0.328 e. The zero-order valence-electron chi connectivity index (χ0n) is 10.3. The highest BCUT2D eigenvalue weighted by Gasteiger charge is 2.27. The molecule has 4 N–H and O–H groups in total. The molecule has 2 atom stereocenters. The number of carboxylic acids is 1. The second-order valence-corrected chi connectivity index (χ2v) is 4.49. The van der Waals surface area contributed by atoms with Gasteiger partial charge < -0.3 is 20.8 Å². The molecule has 0 aromatic heterocycles. The first-order chi connectivity index (χ1) is 9.11. The van der Waals surface area contributed by atoms with Crippen LogP contribution in [-0.4, -0.2) is 40.8 Å². The van der Waals surface area contributed by atoms with Crippen LogP contribution in [0, 0.1) is 0 Å². The van der Waals surface area contributed by atoms with E-state index in [1.54, 1.807) is 0 Å². The third-order valence-corrected chi connectivity index (χ3v) is 3.19. The van der Waals surface area contributed by atoms with Gasteiger partial charge in [-0.1, -0.05) is 24.3 Å². The van der Waals surface area contributed by atoms with Crippen molar-refractivity contribution in [1.29, 1.82) is 0 Å². The number of carbonyl (C=O) groups is 2. The molecule has 0 fully saturated rings. The number of benzene rings is 1. The number of hydrogen-bond acceptors (Lipinski definition) is 4. The number of rotatable bonds is 4. The molecule has 1 aromatic carbocycles. The summed E-state index contributed by atoms with van der Waals surface area (Å²) in [6.45, 7) is -0.0461. The number of hydrogen-bond donors (Lipinski definition) is 4. The fourth-order valence-electron chi connectivity index (χ4n) is 2.10. The average molecular weight is 264 g/mol. The first-order valence-electron chi connectivity index (χ1n) is 6.06. The van der Waals surface area contributed by atoms with Crippen LogP contribution in [0.2, 0.25) is 0 Å². The van der Waals surface area contributed by atoms with Crippen molar-refractivity contribution in [2.75, 3.05) is 6.61 Å². The van der Waals surface area contributed by atoms with Crippen LogP contribution in [0.3, 0.4) is 0 Å². The van der Waals surface area contributed by atoms with Gasteiger partial charge in [0.15, 0.2) is 0 Å². The predicted molar refractivity (Wildman–Crippen MR) is 67.4 cm³/mol. The molecule has 102 valence electrons. The molecule has 1 aromatic rings. The maximum absolute atomic E-state index is 11.9. The standard InChI is InChI=1S/C13H16N2O4/c16-7-11(13(18)19)15-12(17)10-5-8-3-1-2-4-9(8)6-14-10/h1-4,10-11,14,16H,5-7H2,(H,15,17)(H,18,19)/t10-,11?/m0/s1. The Morgan fingerprint density at radius 1 is 1.37 bits per heavy atom. The minimum atomic E-state index is -1.26. The molecule has 0 aliphatic carbocycles. The van der Waals surface area contributed by atoms with E-state index in [4.69, 9.17) is 10.2 Å². The lowest BCUT2D eigenvalue weighted by molar-refractivity contribution is -0.143. The van der Waals surface area contributed by atoms with Crippen LogP contribution in [0.1, 0.15) is 11.1 Å². The van der Waals surface area contributed by atoms with Crippen molar-refractivity contribution in [3.63, 3.8) is 0 Å². The van der Waals surface area contributed by atoms with Gasteiger partial charge in [-0.2, -0.15) is 0 Å². The summed E-state index contributed by atoms with van der Waals surface area (Å²) in [5, 5.41) is 23.0. The van der Waals surface area contributed by atoms with Crippen molar-refractivity contribution >= 4 is 11.9 Å². The summed E-state index contributed by atoms with van der Waals surface area (Å²) in [5.41, 5.74) is 2.22. The van der Waals surface area contributed by atoms with Gasteiger partial charge in [0.05, 0.1) is 12.6 Å². The highest BCUT2D eigenvalue weighted by Crippen LogP contribution is 2.16. The number of aliphatic hydroxyl groups is 1. The number of carboxylic acid groups (broad SMARTS) is 1. The van der Waals surface area contributed by atoms with E-state index >= 15 is 0 Å². The quantitative estimate of drug-likeness (QED) is 0.574. The molecule has 1 amide bonds. The summed E-state index contributed by atoms with van der Waals surface area (Å²) in [7, 11) is 0. The molecular formula is C13H16N2O4. The van der Waals surface area contributed by atoms with Crippen molar-refractivity contribution in [1.82, 2.24) is 10.6 Å². The van der Waals surface area contributed by atoms with Gasteiger partial charge in [0, 0.05) is 6.54 Å². The molecule has 0 radical (unpaired) electrons. The van der Waals surface area contributed by atoms with E-state index in [1.165, 1.54) is 0 Å². The third-order valence-electron chi connectivity index (χ3n) is 3.19. The highest BCUT2D eigenvalue weighted by molar-refractivity contribution is 5.87. The molecule has 1 unspecified atom stereocenters. The largest absolute Gasteiger partial charge is 0.480 e. The molecule has 2 rings (SSSR count). The maximum atomic E-state index is 11.9. The molecule has 0 saturated carbocycles. The van der Waals surface area contributed by atoms with Crippen molar-refractivity contribution in [2.45, 2.75) is 25.0 Å². The van der Waals surface area contributed by atoms with Gasteiger partial charge >= 0.3 is 5.97 Å². The number of fused-ring (bicyclic) bond motifs is 1. The molecule has 1 aliphatic heterocycles.